The predicted molar refractivity (Wildman–Crippen MR) is 88.7 cm³/mol. The molecule has 0 saturated carbocycles. The Balaban J connectivity index is 1.94. The minimum absolute atomic E-state index is 0.171. The number of para-hydroxylation sites is 2. The van der Waals surface area contributed by atoms with Crippen molar-refractivity contribution in [3.05, 3.63) is 59.1 Å². The second-order valence-electron chi connectivity index (χ2n) is 4.54. The van der Waals surface area contributed by atoms with Gasteiger partial charge in [-0.1, -0.05) is 35.9 Å². The third-order valence-electron chi connectivity index (χ3n) is 2.97. The molecule has 0 heterocycles. The summed E-state index contributed by atoms with van der Waals surface area (Å²) >= 11 is 5.87. The van der Waals surface area contributed by atoms with Gasteiger partial charge in [0.25, 0.3) is 5.91 Å². The summed E-state index contributed by atoms with van der Waals surface area (Å²) in [5.74, 6) is -2.24. The highest BCUT2D eigenvalue weighted by molar-refractivity contribution is 6.40. The Kier molecular flexibility index (Phi) is 5.75. The maximum Gasteiger partial charge on any atom is 0.328 e. The lowest BCUT2D eigenvalue weighted by Crippen LogP contribution is -2.46. The number of halogens is 1. The first-order valence-corrected chi connectivity index (χ1v) is 7.20. The van der Waals surface area contributed by atoms with Crippen molar-refractivity contribution in [1.29, 1.82) is 0 Å². The fourth-order valence-electron chi connectivity index (χ4n) is 1.81. The summed E-state index contributed by atoms with van der Waals surface area (Å²) in [6.45, 7) is 0. The largest absolute Gasteiger partial charge is 0.495 e. The van der Waals surface area contributed by atoms with Crippen molar-refractivity contribution in [1.82, 2.24) is 10.9 Å². The van der Waals surface area contributed by atoms with Crippen LogP contribution in [-0.2, 0) is 9.59 Å². The number of hydrogen-bond donors (Lipinski definition) is 3. The Morgan fingerprint density at radius 3 is 2.29 bits per heavy atom. The van der Waals surface area contributed by atoms with Gasteiger partial charge in [-0.2, -0.15) is 0 Å². The molecule has 0 aromatic heterocycles. The Hall–Kier alpha value is -3.06. The molecule has 2 aromatic carbocycles. The third kappa shape index (κ3) is 4.23. The zero-order valence-electron chi connectivity index (χ0n) is 12.6. The normalized spacial score (nSPS) is 9.75. The Labute approximate surface area is 142 Å². The van der Waals surface area contributed by atoms with Crippen LogP contribution in [0.4, 0.5) is 5.69 Å². The summed E-state index contributed by atoms with van der Waals surface area (Å²) in [5.41, 5.74) is 4.64. The first-order chi connectivity index (χ1) is 11.5. The predicted octanol–water partition coefficient (Wildman–Crippen LogP) is 1.75. The molecule has 0 aliphatic rings. The van der Waals surface area contributed by atoms with Gasteiger partial charge in [-0.3, -0.25) is 25.2 Å². The molecule has 0 spiro atoms. The van der Waals surface area contributed by atoms with Gasteiger partial charge in [-0.15, -0.1) is 0 Å². The van der Waals surface area contributed by atoms with Gasteiger partial charge in [0.1, 0.15) is 5.75 Å². The molecule has 2 aromatic rings. The maximum absolute atomic E-state index is 11.9. The van der Waals surface area contributed by atoms with E-state index in [1.807, 2.05) is 5.43 Å². The lowest BCUT2D eigenvalue weighted by molar-refractivity contribution is -0.136. The van der Waals surface area contributed by atoms with Crippen LogP contribution in [0.25, 0.3) is 0 Å². The molecule has 0 fully saturated rings. The average Bonchev–Trinajstić information content (AvgIpc) is 2.60. The number of rotatable bonds is 3. The highest BCUT2D eigenvalue weighted by Crippen LogP contribution is 2.22. The van der Waals surface area contributed by atoms with E-state index in [0.29, 0.717) is 11.4 Å². The standard InChI is InChI=1S/C16H14ClN3O4/c1-24-13-9-5-4-8-12(13)18-15(22)16(23)20-19-14(21)10-6-2-3-7-11(10)17/h2-9H,1H3,(H,18,22)(H,19,21)(H,20,23). The van der Waals surface area contributed by atoms with E-state index in [1.165, 1.54) is 19.2 Å². The zero-order valence-corrected chi connectivity index (χ0v) is 13.4. The van der Waals surface area contributed by atoms with Crippen LogP contribution in [0.2, 0.25) is 5.02 Å². The summed E-state index contributed by atoms with van der Waals surface area (Å²) in [6.07, 6.45) is 0. The summed E-state index contributed by atoms with van der Waals surface area (Å²) in [7, 11) is 1.44. The van der Waals surface area contributed by atoms with Crippen molar-refractivity contribution in [3.8, 4) is 5.75 Å². The highest BCUT2D eigenvalue weighted by atomic mass is 35.5. The van der Waals surface area contributed by atoms with Gasteiger partial charge in [0, 0.05) is 0 Å². The third-order valence-corrected chi connectivity index (χ3v) is 3.30. The lowest BCUT2D eigenvalue weighted by atomic mass is 10.2. The Morgan fingerprint density at radius 2 is 1.58 bits per heavy atom. The molecule has 0 bridgehead atoms. The summed E-state index contributed by atoms with van der Waals surface area (Å²) < 4.78 is 5.06. The number of benzene rings is 2. The van der Waals surface area contributed by atoms with Gasteiger partial charge < -0.3 is 10.1 Å². The molecule has 0 radical (unpaired) electrons. The SMILES string of the molecule is COc1ccccc1NC(=O)C(=O)NNC(=O)c1ccccc1Cl. The fraction of sp³-hybridized carbons (Fsp3) is 0.0625. The molecule has 2 rings (SSSR count). The van der Waals surface area contributed by atoms with E-state index in [-0.39, 0.29) is 10.6 Å². The minimum atomic E-state index is -1.04. The number of ether oxygens (including phenoxy) is 1. The van der Waals surface area contributed by atoms with E-state index >= 15 is 0 Å². The number of nitrogens with one attached hydrogen (secondary N) is 3. The van der Waals surface area contributed by atoms with Gasteiger partial charge in [0.15, 0.2) is 0 Å². The van der Waals surface area contributed by atoms with Crippen LogP contribution in [0.5, 0.6) is 5.75 Å². The molecule has 0 saturated heterocycles. The van der Waals surface area contributed by atoms with Crippen LogP contribution in [0.15, 0.2) is 48.5 Å². The molecular formula is C16H14ClN3O4. The number of hydrogen-bond acceptors (Lipinski definition) is 4. The fourth-order valence-corrected chi connectivity index (χ4v) is 2.03. The topological polar surface area (TPSA) is 96.5 Å². The first kappa shape index (κ1) is 17.3. The minimum Gasteiger partial charge on any atom is -0.495 e. The molecule has 0 unspecified atom stereocenters. The van der Waals surface area contributed by atoms with Crippen LogP contribution >= 0.6 is 11.6 Å². The van der Waals surface area contributed by atoms with Crippen molar-refractivity contribution in [3.63, 3.8) is 0 Å². The van der Waals surface area contributed by atoms with Crippen molar-refractivity contribution >= 4 is 35.0 Å². The van der Waals surface area contributed by atoms with Gasteiger partial charge in [-0.25, -0.2) is 0 Å². The van der Waals surface area contributed by atoms with E-state index in [0.717, 1.165) is 0 Å². The Bertz CT molecular complexity index is 779. The molecule has 0 aliphatic heterocycles. The molecule has 7 nitrogen and oxygen atoms in total. The van der Waals surface area contributed by atoms with Crippen molar-refractivity contribution in [2.75, 3.05) is 12.4 Å². The number of carbonyl (C=O) groups excluding carboxylic acids is 3. The van der Waals surface area contributed by atoms with E-state index in [9.17, 15) is 14.4 Å². The molecular weight excluding hydrogens is 334 g/mol. The summed E-state index contributed by atoms with van der Waals surface area (Å²) in [4.78, 5) is 35.5. The van der Waals surface area contributed by atoms with Crippen molar-refractivity contribution < 1.29 is 19.1 Å². The molecule has 3 amide bonds. The van der Waals surface area contributed by atoms with E-state index < -0.39 is 17.7 Å². The van der Waals surface area contributed by atoms with Crippen LogP contribution in [0.3, 0.4) is 0 Å². The number of amides is 3. The molecule has 0 atom stereocenters. The number of carbonyl (C=O) groups is 3. The van der Waals surface area contributed by atoms with Gasteiger partial charge >= 0.3 is 11.8 Å². The smallest absolute Gasteiger partial charge is 0.328 e. The molecule has 0 aliphatic carbocycles. The van der Waals surface area contributed by atoms with Gasteiger partial charge in [-0.05, 0) is 24.3 Å². The molecule has 3 N–H and O–H groups in total. The van der Waals surface area contributed by atoms with Crippen LogP contribution in [-0.4, -0.2) is 24.8 Å². The first-order valence-electron chi connectivity index (χ1n) is 6.82. The second kappa shape index (κ2) is 7.98. The van der Waals surface area contributed by atoms with Gasteiger partial charge in [0.2, 0.25) is 0 Å². The van der Waals surface area contributed by atoms with Crippen LogP contribution in [0.1, 0.15) is 10.4 Å². The summed E-state index contributed by atoms with van der Waals surface area (Å²) in [5, 5.41) is 2.61. The van der Waals surface area contributed by atoms with Crippen LogP contribution < -0.4 is 20.9 Å². The second-order valence-corrected chi connectivity index (χ2v) is 4.95. The number of methoxy groups -OCH3 is 1. The average molecular weight is 348 g/mol. The zero-order chi connectivity index (χ0) is 17.5. The lowest BCUT2D eigenvalue weighted by Gasteiger charge is -2.10. The van der Waals surface area contributed by atoms with E-state index in [4.69, 9.17) is 16.3 Å². The monoisotopic (exact) mass is 347 g/mol. The summed E-state index contributed by atoms with van der Waals surface area (Å²) in [6, 6.07) is 12.9. The van der Waals surface area contributed by atoms with Gasteiger partial charge in [0.05, 0.1) is 23.4 Å². The quantitative estimate of drug-likeness (QED) is 0.582. The number of hydrazine groups is 1. The van der Waals surface area contributed by atoms with Crippen molar-refractivity contribution in [2.24, 2.45) is 0 Å². The van der Waals surface area contributed by atoms with Crippen molar-refractivity contribution in [2.45, 2.75) is 0 Å². The Morgan fingerprint density at radius 1 is 0.917 bits per heavy atom. The highest BCUT2D eigenvalue weighted by Gasteiger charge is 2.17. The molecule has 24 heavy (non-hydrogen) atoms. The number of anilines is 1. The molecule has 124 valence electrons. The van der Waals surface area contributed by atoms with E-state index in [2.05, 4.69) is 10.7 Å². The van der Waals surface area contributed by atoms with Crippen LogP contribution in [0, 0.1) is 0 Å². The molecule has 8 heteroatoms. The van der Waals surface area contributed by atoms with E-state index in [1.54, 1.807) is 36.4 Å². The maximum atomic E-state index is 11.9.